The van der Waals surface area contributed by atoms with Crippen molar-refractivity contribution in [3.8, 4) is 0 Å². The molecule has 1 saturated carbocycles. The van der Waals surface area contributed by atoms with Gasteiger partial charge in [0, 0.05) is 13.6 Å². The normalized spacial score (nSPS) is 16.1. The number of carbonyl (C=O) groups is 2. The minimum atomic E-state index is -1.06. The minimum Gasteiger partial charge on any atom is -0.480 e. The number of amides is 2. The Morgan fingerprint density at radius 1 is 1.35 bits per heavy atom. The lowest BCUT2D eigenvalue weighted by atomic mass is 9.77. The van der Waals surface area contributed by atoms with Gasteiger partial charge in [0.05, 0.1) is 0 Å². The number of carboxylic acids is 1. The molecule has 2 amide bonds. The Morgan fingerprint density at radius 2 is 2.00 bits per heavy atom. The molecule has 1 fully saturated rings. The largest absolute Gasteiger partial charge is 0.480 e. The lowest BCUT2D eigenvalue weighted by molar-refractivity contribution is -0.148. The molecule has 20 heavy (non-hydrogen) atoms. The van der Waals surface area contributed by atoms with Gasteiger partial charge in [-0.1, -0.05) is 24.3 Å². The zero-order valence-corrected chi connectivity index (χ0v) is 11.8. The van der Waals surface area contributed by atoms with Gasteiger partial charge in [0.2, 0.25) is 0 Å². The summed E-state index contributed by atoms with van der Waals surface area (Å²) >= 11 is 0. The SMILES string of the molecule is Cc1ccccc1CN(C)C(=O)NC1(C(=O)O)CCC1. The molecule has 0 bridgehead atoms. The molecule has 0 aromatic heterocycles. The van der Waals surface area contributed by atoms with Crippen LogP contribution in [0.2, 0.25) is 0 Å². The Morgan fingerprint density at radius 3 is 2.50 bits per heavy atom. The molecule has 5 heteroatoms. The van der Waals surface area contributed by atoms with Crippen LogP contribution in [0.25, 0.3) is 0 Å². The van der Waals surface area contributed by atoms with Crippen molar-refractivity contribution in [3.05, 3.63) is 35.4 Å². The summed E-state index contributed by atoms with van der Waals surface area (Å²) in [6.45, 7) is 2.46. The van der Waals surface area contributed by atoms with Crippen molar-refractivity contribution < 1.29 is 14.7 Å². The molecule has 108 valence electrons. The van der Waals surface area contributed by atoms with Crippen molar-refractivity contribution in [2.75, 3.05) is 7.05 Å². The van der Waals surface area contributed by atoms with E-state index in [1.54, 1.807) is 7.05 Å². The third kappa shape index (κ3) is 2.76. The molecule has 0 saturated heterocycles. The number of rotatable bonds is 4. The maximum Gasteiger partial charge on any atom is 0.329 e. The second kappa shape index (κ2) is 5.53. The van der Waals surface area contributed by atoms with E-state index in [1.165, 1.54) is 4.90 Å². The van der Waals surface area contributed by atoms with Gasteiger partial charge in [-0.15, -0.1) is 0 Å². The van der Waals surface area contributed by atoms with Gasteiger partial charge < -0.3 is 15.3 Å². The number of aliphatic carboxylic acids is 1. The van der Waals surface area contributed by atoms with Gasteiger partial charge in [0.25, 0.3) is 0 Å². The van der Waals surface area contributed by atoms with Gasteiger partial charge >= 0.3 is 12.0 Å². The van der Waals surface area contributed by atoms with Gasteiger partial charge in [-0.2, -0.15) is 0 Å². The van der Waals surface area contributed by atoms with E-state index in [1.807, 2.05) is 31.2 Å². The second-order valence-corrected chi connectivity index (χ2v) is 5.45. The van der Waals surface area contributed by atoms with Crippen molar-refractivity contribution in [1.82, 2.24) is 10.2 Å². The Hall–Kier alpha value is -2.04. The van der Waals surface area contributed by atoms with E-state index in [9.17, 15) is 14.7 Å². The summed E-state index contributed by atoms with van der Waals surface area (Å²) in [5, 5.41) is 11.9. The van der Waals surface area contributed by atoms with E-state index >= 15 is 0 Å². The van der Waals surface area contributed by atoms with Crippen LogP contribution in [0.5, 0.6) is 0 Å². The summed E-state index contributed by atoms with van der Waals surface area (Å²) in [6, 6.07) is 7.50. The molecule has 0 heterocycles. The number of carbonyl (C=O) groups excluding carboxylic acids is 1. The van der Waals surface area contributed by atoms with E-state index in [0.717, 1.165) is 17.5 Å². The molecule has 0 unspecified atom stereocenters. The topological polar surface area (TPSA) is 69.6 Å². The third-order valence-corrected chi connectivity index (χ3v) is 3.98. The molecule has 0 atom stereocenters. The highest BCUT2D eigenvalue weighted by Crippen LogP contribution is 2.32. The number of nitrogens with one attached hydrogen (secondary N) is 1. The average molecular weight is 276 g/mol. The van der Waals surface area contributed by atoms with Crippen LogP contribution in [-0.2, 0) is 11.3 Å². The highest BCUT2D eigenvalue weighted by atomic mass is 16.4. The van der Waals surface area contributed by atoms with Gasteiger partial charge in [-0.25, -0.2) is 9.59 Å². The predicted molar refractivity (Wildman–Crippen MR) is 75.4 cm³/mol. The van der Waals surface area contributed by atoms with Crippen LogP contribution in [0.15, 0.2) is 24.3 Å². The Bertz CT molecular complexity index is 524. The Balaban J connectivity index is 1.99. The van der Waals surface area contributed by atoms with E-state index < -0.39 is 11.5 Å². The number of hydrogen-bond donors (Lipinski definition) is 2. The molecule has 1 aliphatic carbocycles. The highest BCUT2D eigenvalue weighted by molar-refractivity contribution is 5.87. The van der Waals surface area contributed by atoms with Gasteiger partial charge in [0.15, 0.2) is 0 Å². The Labute approximate surface area is 118 Å². The number of benzene rings is 1. The summed E-state index contributed by atoms with van der Waals surface area (Å²) < 4.78 is 0. The van der Waals surface area contributed by atoms with Crippen LogP contribution >= 0.6 is 0 Å². The highest BCUT2D eigenvalue weighted by Gasteiger charge is 2.46. The fourth-order valence-electron chi connectivity index (χ4n) is 2.34. The molecular weight excluding hydrogens is 256 g/mol. The second-order valence-electron chi connectivity index (χ2n) is 5.45. The van der Waals surface area contributed by atoms with E-state index in [0.29, 0.717) is 19.4 Å². The van der Waals surface area contributed by atoms with Gasteiger partial charge in [-0.05, 0) is 37.3 Å². The summed E-state index contributed by atoms with van der Waals surface area (Å²) in [5.74, 6) is -0.943. The average Bonchev–Trinajstić information content (AvgIpc) is 2.35. The fourth-order valence-corrected chi connectivity index (χ4v) is 2.34. The van der Waals surface area contributed by atoms with Crippen LogP contribution in [0, 0.1) is 6.92 Å². The number of aryl methyl sites for hydroxylation is 1. The fraction of sp³-hybridized carbons (Fsp3) is 0.467. The molecule has 1 aliphatic rings. The summed E-state index contributed by atoms with van der Waals surface area (Å²) in [6.07, 6.45) is 1.85. The van der Waals surface area contributed by atoms with Crippen LogP contribution in [0.1, 0.15) is 30.4 Å². The number of urea groups is 1. The van der Waals surface area contributed by atoms with Crippen LogP contribution in [-0.4, -0.2) is 34.6 Å². The lowest BCUT2D eigenvalue weighted by Gasteiger charge is -2.39. The van der Waals surface area contributed by atoms with E-state index in [-0.39, 0.29) is 6.03 Å². The maximum absolute atomic E-state index is 12.1. The smallest absolute Gasteiger partial charge is 0.329 e. The molecule has 0 radical (unpaired) electrons. The first-order chi connectivity index (χ1) is 9.44. The summed E-state index contributed by atoms with van der Waals surface area (Å²) in [4.78, 5) is 24.9. The number of carboxylic acid groups (broad SMARTS) is 1. The molecule has 0 spiro atoms. The van der Waals surface area contributed by atoms with Crippen molar-refractivity contribution in [1.29, 1.82) is 0 Å². The quantitative estimate of drug-likeness (QED) is 0.885. The maximum atomic E-state index is 12.1. The Kier molecular flexibility index (Phi) is 3.97. The minimum absolute atomic E-state index is 0.338. The predicted octanol–water partition coefficient (Wildman–Crippen LogP) is 2.14. The molecular formula is C15H20N2O3. The van der Waals surface area contributed by atoms with E-state index in [2.05, 4.69) is 5.32 Å². The lowest BCUT2D eigenvalue weighted by Crippen LogP contribution is -2.61. The molecule has 0 aliphatic heterocycles. The monoisotopic (exact) mass is 276 g/mol. The zero-order valence-electron chi connectivity index (χ0n) is 11.8. The number of hydrogen-bond acceptors (Lipinski definition) is 2. The summed E-state index contributed by atoms with van der Waals surface area (Å²) in [5.41, 5.74) is 1.11. The van der Waals surface area contributed by atoms with Gasteiger partial charge in [-0.3, -0.25) is 0 Å². The first kappa shape index (κ1) is 14.4. The first-order valence-corrected chi connectivity index (χ1v) is 6.76. The van der Waals surface area contributed by atoms with Crippen molar-refractivity contribution in [2.24, 2.45) is 0 Å². The first-order valence-electron chi connectivity index (χ1n) is 6.76. The van der Waals surface area contributed by atoms with Crippen LogP contribution in [0.4, 0.5) is 4.79 Å². The van der Waals surface area contributed by atoms with Crippen molar-refractivity contribution in [3.63, 3.8) is 0 Å². The molecule has 1 aromatic carbocycles. The van der Waals surface area contributed by atoms with Crippen molar-refractivity contribution in [2.45, 2.75) is 38.3 Å². The van der Waals surface area contributed by atoms with Crippen molar-refractivity contribution >= 4 is 12.0 Å². The van der Waals surface area contributed by atoms with Crippen LogP contribution in [0.3, 0.4) is 0 Å². The summed E-state index contributed by atoms with van der Waals surface area (Å²) in [7, 11) is 1.68. The third-order valence-electron chi connectivity index (χ3n) is 3.98. The molecule has 2 N–H and O–H groups in total. The molecule has 5 nitrogen and oxygen atoms in total. The van der Waals surface area contributed by atoms with E-state index in [4.69, 9.17) is 0 Å². The molecule has 2 rings (SSSR count). The standard InChI is InChI=1S/C15H20N2O3/c1-11-6-3-4-7-12(11)10-17(2)14(20)16-15(13(18)19)8-5-9-15/h3-4,6-7H,5,8-10H2,1-2H3,(H,16,20)(H,18,19). The van der Waals surface area contributed by atoms with Crippen LogP contribution < -0.4 is 5.32 Å². The van der Waals surface area contributed by atoms with Gasteiger partial charge in [0.1, 0.15) is 5.54 Å². The zero-order chi connectivity index (χ0) is 14.8. The number of nitrogens with zero attached hydrogens (tertiary/aromatic N) is 1. The molecule has 1 aromatic rings.